The van der Waals surface area contributed by atoms with Crippen molar-refractivity contribution in [1.82, 2.24) is 0 Å². The SMILES string of the molecule is COc1cc(/C=N/N=C2\S[C@@H](CC(=O)[O-])C(=O)N2c2ccc(O)cc2)ccc1O. The number of carboxylic acids is 1. The standard InChI is InChI=1S/C19H17N3O6S/c1-28-15-8-11(2-7-14(15)24)10-20-21-19-22(12-3-5-13(23)6-4-12)18(27)16(29-19)9-17(25)26/h2-8,10,16,23-24H,9H2,1H3,(H,25,26)/p-1/b20-10+,21-19-/t16-/m0/s1. The minimum Gasteiger partial charge on any atom is -0.550 e. The fraction of sp³-hybridized carbons (Fsp3) is 0.158. The van der Waals surface area contributed by atoms with Crippen LogP contribution in [0.25, 0.3) is 0 Å². The monoisotopic (exact) mass is 414 g/mol. The molecule has 1 aliphatic rings. The molecule has 0 aliphatic carbocycles. The third kappa shape index (κ3) is 4.66. The second kappa shape index (κ2) is 8.65. The normalized spacial score (nSPS) is 18.0. The van der Waals surface area contributed by atoms with Crippen LogP contribution in [-0.4, -0.2) is 45.8 Å². The van der Waals surface area contributed by atoms with Gasteiger partial charge in [-0.25, -0.2) is 0 Å². The summed E-state index contributed by atoms with van der Waals surface area (Å²) in [7, 11) is 1.42. The molecule has 2 aromatic carbocycles. The molecule has 0 aromatic heterocycles. The Morgan fingerprint density at radius 3 is 2.66 bits per heavy atom. The van der Waals surface area contributed by atoms with E-state index in [0.29, 0.717) is 11.3 Å². The summed E-state index contributed by atoms with van der Waals surface area (Å²) in [5.41, 5.74) is 1.02. The van der Waals surface area contributed by atoms with Crippen LogP contribution in [0.5, 0.6) is 17.2 Å². The van der Waals surface area contributed by atoms with E-state index >= 15 is 0 Å². The Morgan fingerprint density at radius 1 is 1.28 bits per heavy atom. The second-order valence-corrected chi connectivity index (χ2v) is 7.10. The lowest BCUT2D eigenvalue weighted by molar-refractivity contribution is -0.305. The third-order valence-corrected chi connectivity index (χ3v) is 5.08. The van der Waals surface area contributed by atoms with Gasteiger partial charge in [-0.2, -0.15) is 5.10 Å². The highest BCUT2D eigenvalue weighted by atomic mass is 32.2. The number of carbonyl (C=O) groups excluding carboxylic acids is 2. The first-order valence-electron chi connectivity index (χ1n) is 8.36. The number of methoxy groups -OCH3 is 1. The number of amidine groups is 1. The highest BCUT2D eigenvalue weighted by Crippen LogP contribution is 2.34. The summed E-state index contributed by atoms with van der Waals surface area (Å²) in [5, 5.41) is 37.4. The molecular weight excluding hydrogens is 398 g/mol. The molecule has 1 fully saturated rings. The Hall–Kier alpha value is -3.53. The van der Waals surface area contributed by atoms with Crippen molar-refractivity contribution in [2.45, 2.75) is 11.7 Å². The van der Waals surface area contributed by atoms with Crippen molar-refractivity contribution in [3.8, 4) is 17.2 Å². The molecule has 0 saturated carbocycles. The average molecular weight is 414 g/mol. The number of rotatable bonds is 6. The van der Waals surface area contributed by atoms with Gasteiger partial charge in [-0.05, 0) is 48.0 Å². The summed E-state index contributed by atoms with van der Waals surface area (Å²) in [4.78, 5) is 24.9. The molecule has 150 valence electrons. The molecule has 3 rings (SSSR count). The Kier molecular flexibility index (Phi) is 6.03. The number of phenolic OH excluding ortho intramolecular Hbond substituents is 2. The number of carboxylic acid groups (broad SMARTS) is 1. The van der Waals surface area contributed by atoms with Crippen molar-refractivity contribution in [2.75, 3.05) is 12.0 Å². The lowest BCUT2D eigenvalue weighted by Gasteiger charge is -2.16. The van der Waals surface area contributed by atoms with Gasteiger partial charge >= 0.3 is 0 Å². The van der Waals surface area contributed by atoms with Gasteiger partial charge < -0.3 is 24.9 Å². The number of nitrogens with zero attached hydrogens (tertiary/aromatic N) is 3. The smallest absolute Gasteiger partial charge is 0.247 e. The molecule has 9 nitrogen and oxygen atoms in total. The highest BCUT2D eigenvalue weighted by Gasteiger charge is 2.39. The van der Waals surface area contributed by atoms with Crippen LogP contribution in [-0.2, 0) is 9.59 Å². The number of amides is 1. The maximum Gasteiger partial charge on any atom is 0.247 e. The van der Waals surface area contributed by atoms with E-state index in [2.05, 4.69) is 10.2 Å². The topological polar surface area (TPSA) is 135 Å². The highest BCUT2D eigenvalue weighted by molar-refractivity contribution is 8.16. The summed E-state index contributed by atoms with van der Waals surface area (Å²) < 4.78 is 5.03. The van der Waals surface area contributed by atoms with E-state index in [4.69, 9.17) is 4.74 Å². The van der Waals surface area contributed by atoms with Gasteiger partial charge in [0.2, 0.25) is 5.91 Å². The van der Waals surface area contributed by atoms with Crippen molar-refractivity contribution in [1.29, 1.82) is 0 Å². The maximum absolute atomic E-state index is 12.7. The van der Waals surface area contributed by atoms with E-state index in [1.165, 1.54) is 48.6 Å². The van der Waals surface area contributed by atoms with E-state index in [1.807, 2.05) is 0 Å². The van der Waals surface area contributed by atoms with Gasteiger partial charge in [0, 0.05) is 12.4 Å². The Morgan fingerprint density at radius 2 is 2.00 bits per heavy atom. The first-order valence-corrected chi connectivity index (χ1v) is 9.24. The van der Waals surface area contributed by atoms with Crippen molar-refractivity contribution in [2.24, 2.45) is 10.2 Å². The van der Waals surface area contributed by atoms with Crippen LogP contribution in [0.1, 0.15) is 12.0 Å². The largest absolute Gasteiger partial charge is 0.550 e. The predicted octanol–water partition coefficient (Wildman–Crippen LogP) is 1.08. The molecule has 1 aliphatic heterocycles. The third-order valence-electron chi connectivity index (χ3n) is 3.95. The zero-order valence-electron chi connectivity index (χ0n) is 15.2. The van der Waals surface area contributed by atoms with Crippen LogP contribution in [0.2, 0.25) is 0 Å². The number of phenols is 2. The van der Waals surface area contributed by atoms with Gasteiger partial charge in [0.05, 0.1) is 24.3 Å². The van der Waals surface area contributed by atoms with Crippen LogP contribution in [0.4, 0.5) is 5.69 Å². The first kappa shape index (κ1) is 20.2. The molecule has 1 atom stereocenters. The van der Waals surface area contributed by atoms with Gasteiger partial charge in [-0.15, -0.1) is 5.10 Å². The lowest BCUT2D eigenvalue weighted by Crippen LogP contribution is -2.35. The quantitative estimate of drug-likeness (QED) is 0.533. The molecular formula is C19H16N3O6S-. The Balaban J connectivity index is 1.89. The predicted molar refractivity (Wildman–Crippen MR) is 106 cm³/mol. The van der Waals surface area contributed by atoms with E-state index in [0.717, 1.165) is 11.8 Å². The van der Waals surface area contributed by atoms with E-state index in [9.17, 15) is 24.9 Å². The Bertz CT molecular complexity index is 990. The molecule has 1 saturated heterocycles. The summed E-state index contributed by atoms with van der Waals surface area (Å²) in [6.45, 7) is 0. The van der Waals surface area contributed by atoms with Gasteiger partial charge in [-0.1, -0.05) is 11.8 Å². The number of hydrogen-bond donors (Lipinski definition) is 2. The number of ether oxygens (including phenoxy) is 1. The number of anilines is 1. The van der Waals surface area contributed by atoms with Crippen molar-refractivity contribution < 1.29 is 29.6 Å². The number of benzene rings is 2. The summed E-state index contributed by atoms with van der Waals surface area (Å²) in [6.07, 6.45) is 0.942. The summed E-state index contributed by atoms with van der Waals surface area (Å²) >= 11 is 0.964. The number of aliphatic carboxylic acids is 1. The summed E-state index contributed by atoms with van der Waals surface area (Å²) in [6, 6.07) is 10.4. The molecule has 29 heavy (non-hydrogen) atoms. The van der Waals surface area contributed by atoms with Gasteiger partial charge in [-0.3, -0.25) is 9.69 Å². The van der Waals surface area contributed by atoms with E-state index in [-0.39, 0.29) is 22.4 Å². The molecule has 2 aromatic rings. The van der Waals surface area contributed by atoms with E-state index in [1.54, 1.807) is 12.1 Å². The molecule has 0 unspecified atom stereocenters. The van der Waals surface area contributed by atoms with Crippen LogP contribution >= 0.6 is 11.8 Å². The zero-order chi connectivity index (χ0) is 21.0. The first-order chi connectivity index (χ1) is 13.9. The molecule has 0 spiro atoms. The molecule has 1 amide bonds. The van der Waals surface area contributed by atoms with E-state index < -0.39 is 23.5 Å². The maximum atomic E-state index is 12.7. The van der Waals surface area contributed by atoms with Crippen molar-refractivity contribution in [3.63, 3.8) is 0 Å². The Labute approximate surface area is 170 Å². The van der Waals surface area contributed by atoms with Gasteiger partial charge in [0.15, 0.2) is 16.7 Å². The zero-order valence-corrected chi connectivity index (χ0v) is 16.0. The van der Waals surface area contributed by atoms with Gasteiger partial charge in [0.25, 0.3) is 0 Å². The lowest BCUT2D eigenvalue weighted by atomic mass is 10.2. The molecule has 1 heterocycles. The molecule has 0 bridgehead atoms. The number of aromatic hydroxyl groups is 2. The second-order valence-electron chi connectivity index (χ2n) is 5.93. The molecule has 0 radical (unpaired) electrons. The summed E-state index contributed by atoms with van der Waals surface area (Å²) in [5.74, 6) is -1.53. The number of thioether (sulfide) groups is 1. The van der Waals surface area contributed by atoms with Crippen LogP contribution in [0, 0.1) is 0 Å². The van der Waals surface area contributed by atoms with Gasteiger partial charge in [0.1, 0.15) is 5.75 Å². The minimum absolute atomic E-state index is 0.0171. The number of carbonyl (C=O) groups is 2. The van der Waals surface area contributed by atoms with Crippen LogP contribution in [0.15, 0.2) is 52.7 Å². The fourth-order valence-corrected chi connectivity index (χ4v) is 3.65. The average Bonchev–Trinajstić information content (AvgIpc) is 2.98. The number of hydrogen-bond acceptors (Lipinski definition) is 9. The molecule has 2 N–H and O–H groups in total. The van der Waals surface area contributed by atoms with Crippen molar-refractivity contribution >= 4 is 40.7 Å². The van der Waals surface area contributed by atoms with Crippen LogP contribution in [0.3, 0.4) is 0 Å². The minimum atomic E-state index is -1.34. The van der Waals surface area contributed by atoms with Crippen molar-refractivity contribution in [3.05, 3.63) is 48.0 Å². The molecule has 10 heteroatoms. The van der Waals surface area contributed by atoms with Crippen LogP contribution < -0.4 is 14.7 Å². The fourth-order valence-electron chi connectivity index (χ4n) is 2.58.